The van der Waals surface area contributed by atoms with Crippen LogP contribution in [0.15, 0.2) is 22.7 Å². The van der Waals surface area contributed by atoms with Gasteiger partial charge in [0.05, 0.1) is 0 Å². The van der Waals surface area contributed by atoms with Crippen LogP contribution in [-0.2, 0) is 0 Å². The first kappa shape index (κ1) is 11.6. The molecule has 0 aliphatic carbocycles. The molecule has 1 heterocycles. The predicted octanol–water partition coefficient (Wildman–Crippen LogP) is 1.93. The summed E-state index contributed by atoms with van der Waals surface area (Å²) in [4.78, 5) is 14.0. The van der Waals surface area contributed by atoms with Crippen molar-refractivity contribution in [1.29, 1.82) is 0 Å². The van der Waals surface area contributed by atoms with E-state index in [1.54, 1.807) is 0 Å². The molecule has 0 bridgehead atoms. The second-order valence-corrected chi connectivity index (χ2v) is 5.23. The van der Waals surface area contributed by atoms with Gasteiger partial charge in [-0.25, -0.2) is 0 Å². The maximum absolute atomic E-state index is 12.1. The molecule has 0 spiro atoms. The van der Waals surface area contributed by atoms with Crippen LogP contribution in [0.5, 0.6) is 0 Å². The van der Waals surface area contributed by atoms with Gasteiger partial charge < -0.3 is 10.6 Å². The summed E-state index contributed by atoms with van der Waals surface area (Å²) in [5, 5.41) is 0. The van der Waals surface area contributed by atoms with Crippen molar-refractivity contribution in [2.75, 3.05) is 13.1 Å². The lowest BCUT2D eigenvalue weighted by molar-refractivity contribution is 0.0790. The van der Waals surface area contributed by atoms with Crippen molar-refractivity contribution in [3.8, 4) is 0 Å². The lowest BCUT2D eigenvalue weighted by Gasteiger charge is -2.16. The van der Waals surface area contributed by atoms with E-state index in [4.69, 9.17) is 5.73 Å². The Morgan fingerprint density at radius 2 is 2.25 bits per heavy atom. The Hall–Kier alpha value is -0.870. The topological polar surface area (TPSA) is 46.3 Å². The first-order valence-corrected chi connectivity index (χ1v) is 6.17. The molecule has 1 aromatic rings. The number of halogens is 1. The van der Waals surface area contributed by atoms with Crippen molar-refractivity contribution < 1.29 is 4.79 Å². The average molecular weight is 283 g/mol. The fourth-order valence-corrected chi connectivity index (χ4v) is 2.62. The number of rotatable bonds is 1. The van der Waals surface area contributed by atoms with Crippen LogP contribution in [0, 0.1) is 6.92 Å². The Balaban J connectivity index is 2.20. The molecule has 1 aliphatic heterocycles. The van der Waals surface area contributed by atoms with Gasteiger partial charge in [-0.15, -0.1) is 0 Å². The first-order valence-electron chi connectivity index (χ1n) is 5.38. The van der Waals surface area contributed by atoms with E-state index < -0.39 is 0 Å². The molecule has 1 atom stereocenters. The summed E-state index contributed by atoms with van der Waals surface area (Å²) in [6, 6.07) is 5.90. The lowest BCUT2D eigenvalue weighted by Crippen LogP contribution is -2.31. The van der Waals surface area contributed by atoms with E-state index in [9.17, 15) is 4.79 Å². The van der Waals surface area contributed by atoms with Crippen LogP contribution in [-0.4, -0.2) is 29.9 Å². The van der Waals surface area contributed by atoms with Crippen LogP contribution in [0.4, 0.5) is 0 Å². The Bertz CT molecular complexity index is 399. The Morgan fingerprint density at radius 1 is 1.50 bits per heavy atom. The number of likely N-dealkylation sites (tertiary alicyclic amines) is 1. The van der Waals surface area contributed by atoms with E-state index in [0.717, 1.165) is 28.6 Å². The van der Waals surface area contributed by atoms with Crippen molar-refractivity contribution in [3.05, 3.63) is 33.8 Å². The Kier molecular flexibility index (Phi) is 3.30. The van der Waals surface area contributed by atoms with Crippen molar-refractivity contribution >= 4 is 21.8 Å². The number of nitrogens with zero attached hydrogens (tertiary/aromatic N) is 1. The molecule has 1 aromatic carbocycles. The molecule has 4 heteroatoms. The number of aryl methyl sites for hydroxylation is 1. The Labute approximate surface area is 104 Å². The van der Waals surface area contributed by atoms with Gasteiger partial charge in [-0.05, 0) is 37.1 Å². The zero-order valence-electron chi connectivity index (χ0n) is 9.24. The van der Waals surface area contributed by atoms with Gasteiger partial charge in [0.2, 0.25) is 0 Å². The molecule has 2 N–H and O–H groups in total. The molecule has 1 fully saturated rings. The van der Waals surface area contributed by atoms with E-state index >= 15 is 0 Å². The standard InChI is InChI=1S/C12H15BrN2O/c1-8-4-9(6-10(13)5-8)12(16)15-3-2-11(14)7-15/h4-6,11H,2-3,7,14H2,1H3. The van der Waals surface area contributed by atoms with E-state index in [-0.39, 0.29) is 11.9 Å². The molecule has 1 amide bonds. The molecular weight excluding hydrogens is 268 g/mol. The second kappa shape index (κ2) is 4.55. The monoisotopic (exact) mass is 282 g/mol. The normalized spacial score (nSPS) is 20.2. The number of hydrogen-bond acceptors (Lipinski definition) is 2. The highest BCUT2D eigenvalue weighted by molar-refractivity contribution is 9.10. The summed E-state index contributed by atoms with van der Waals surface area (Å²) in [5.74, 6) is 0.0809. The van der Waals surface area contributed by atoms with Gasteiger partial charge in [0.15, 0.2) is 0 Å². The van der Waals surface area contributed by atoms with Gasteiger partial charge in [0.1, 0.15) is 0 Å². The van der Waals surface area contributed by atoms with Gasteiger partial charge in [-0.2, -0.15) is 0 Å². The highest BCUT2D eigenvalue weighted by Gasteiger charge is 2.24. The molecule has 1 saturated heterocycles. The van der Waals surface area contributed by atoms with E-state index in [1.165, 1.54) is 0 Å². The highest BCUT2D eigenvalue weighted by Crippen LogP contribution is 2.18. The van der Waals surface area contributed by atoms with E-state index in [1.807, 2.05) is 30.0 Å². The lowest BCUT2D eigenvalue weighted by atomic mass is 10.1. The molecular formula is C12H15BrN2O. The Morgan fingerprint density at radius 3 is 2.81 bits per heavy atom. The predicted molar refractivity (Wildman–Crippen MR) is 67.4 cm³/mol. The maximum atomic E-state index is 12.1. The van der Waals surface area contributed by atoms with Gasteiger partial charge in [0.25, 0.3) is 5.91 Å². The minimum Gasteiger partial charge on any atom is -0.337 e. The summed E-state index contributed by atoms with van der Waals surface area (Å²) in [6.07, 6.45) is 0.902. The third-order valence-corrected chi connectivity index (χ3v) is 3.26. The largest absolute Gasteiger partial charge is 0.337 e. The molecule has 0 saturated carbocycles. The molecule has 1 unspecified atom stereocenters. The number of amides is 1. The summed E-state index contributed by atoms with van der Waals surface area (Å²) in [7, 11) is 0. The third kappa shape index (κ3) is 2.44. The summed E-state index contributed by atoms with van der Waals surface area (Å²) >= 11 is 3.41. The highest BCUT2D eigenvalue weighted by atomic mass is 79.9. The first-order chi connectivity index (χ1) is 7.56. The SMILES string of the molecule is Cc1cc(Br)cc(C(=O)N2CCC(N)C2)c1. The average Bonchev–Trinajstić information content (AvgIpc) is 2.62. The quantitative estimate of drug-likeness (QED) is 0.856. The molecule has 1 aliphatic rings. The zero-order valence-corrected chi connectivity index (χ0v) is 10.8. The fourth-order valence-electron chi connectivity index (χ4n) is 2.01. The molecule has 16 heavy (non-hydrogen) atoms. The van der Waals surface area contributed by atoms with Gasteiger partial charge in [-0.1, -0.05) is 15.9 Å². The summed E-state index contributed by atoms with van der Waals surface area (Å²) in [5.41, 5.74) is 7.62. The van der Waals surface area contributed by atoms with Gasteiger partial charge in [-0.3, -0.25) is 4.79 Å². The van der Waals surface area contributed by atoms with Crippen molar-refractivity contribution in [1.82, 2.24) is 4.90 Å². The number of carbonyl (C=O) groups is 1. The van der Waals surface area contributed by atoms with Crippen molar-refractivity contribution in [2.45, 2.75) is 19.4 Å². The van der Waals surface area contributed by atoms with E-state index in [0.29, 0.717) is 6.54 Å². The molecule has 2 rings (SSSR count). The molecule has 3 nitrogen and oxygen atoms in total. The van der Waals surface area contributed by atoms with Gasteiger partial charge >= 0.3 is 0 Å². The van der Waals surface area contributed by atoms with Crippen LogP contribution in [0.2, 0.25) is 0 Å². The van der Waals surface area contributed by atoms with E-state index in [2.05, 4.69) is 15.9 Å². The molecule has 0 radical (unpaired) electrons. The van der Waals surface area contributed by atoms with Crippen LogP contribution in [0.3, 0.4) is 0 Å². The molecule has 86 valence electrons. The van der Waals surface area contributed by atoms with Crippen LogP contribution < -0.4 is 5.73 Å². The number of benzene rings is 1. The van der Waals surface area contributed by atoms with Crippen molar-refractivity contribution in [2.24, 2.45) is 5.73 Å². The number of nitrogens with two attached hydrogens (primary N) is 1. The van der Waals surface area contributed by atoms with Crippen LogP contribution >= 0.6 is 15.9 Å². The zero-order chi connectivity index (χ0) is 11.7. The fraction of sp³-hybridized carbons (Fsp3) is 0.417. The van der Waals surface area contributed by atoms with Crippen LogP contribution in [0.25, 0.3) is 0 Å². The number of hydrogen-bond donors (Lipinski definition) is 1. The van der Waals surface area contributed by atoms with Crippen LogP contribution in [0.1, 0.15) is 22.3 Å². The van der Waals surface area contributed by atoms with Gasteiger partial charge in [0, 0.05) is 29.2 Å². The smallest absolute Gasteiger partial charge is 0.253 e. The molecule has 0 aromatic heterocycles. The number of carbonyl (C=O) groups excluding carboxylic acids is 1. The minimum atomic E-state index is 0.0809. The summed E-state index contributed by atoms with van der Waals surface area (Å²) in [6.45, 7) is 3.42. The third-order valence-electron chi connectivity index (χ3n) is 2.80. The second-order valence-electron chi connectivity index (χ2n) is 4.32. The minimum absolute atomic E-state index is 0.0809. The van der Waals surface area contributed by atoms with Crippen molar-refractivity contribution in [3.63, 3.8) is 0 Å². The summed E-state index contributed by atoms with van der Waals surface area (Å²) < 4.78 is 0.944. The maximum Gasteiger partial charge on any atom is 0.253 e.